The summed E-state index contributed by atoms with van der Waals surface area (Å²) in [7, 11) is 1.67. The molecule has 3 rings (SSSR count). The fraction of sp³-hybridized carbons (Fsp3) is 0.400. The van der Waals surface area contributed by atoms with Crippen LogP contribution in [0.5, 0.6) is 5.75 Å². The van der Waals surface area contributed by atoms with E-state index >= 15 is 0 Å². The molecule has 0 N–H and O–H groups in total. The van der Waals surface area contributed by atoms with Gasteiger partial charge in [-0.15, -0.1) is 11.3 Å². The highest BCUT2D eigenvalue weighted by Gasteiger charge is 2.13. The van der Waals surface area contributed by atoms with Gasteiger partial charge >= 0.3 is 0 Å². The normalized spacial score (nSPS) is 11.6. The molecule has 0 fully saturated rings. The molecule has 2 aromatic heterocycles. The van der Waals surface area contributed by atoms with Gasteiger partial charge in [-0.05, 0) is 30.5 Å². The summed E-state index contributed by atoms with van der Waals surface area (Å²) in [5.41, 5.74) is 2.98. The topological polar surface area (TPSA) is 46.8 Å². The van der Waals surface area contributed by atoms with Crippen molar-refractivity contribution in [3.05, 3.63) is 63.0 Å². The number of nitrogens with zero attached hydrogens (tertiary/aromatic N) is 3. The zero-order chi connectivity index (χ0) is 18.7. The van der Waals surface area contributed by atoms with Gasteiger partial charge in [-0.1, -0.05) is 26.0 Å². The number of ether oxygens (including phenoxy) is 1. The molecule has 0 radical (unpaired) electrons. The molecule has 6 heteroatoms. The Morgan fingerprint density at radius 1 is 1.23 bits per heavy atom. The first-order valence-corrected chi connectivity index (χ1v) is 9.66. The molecule has 0 amide bonds. The fourth-order valence-corrected chi connectivity index (χ4v) is 3.99. The number of thiazole rings is 1. The third kappa shape index (κ3) is 4.31. The predicted octanol–water partition coefficient (Wildman–Crippen LogP) is 3.73. The largest absolute Gasteiger partial charge is 0.497 e. The molecule has 3 aromatic rings. The third-order valence-corrected chi connectivity index (χ3v) is 5.15. The Kier molecular flexibility index (Phi) is 5.74. The molecule has 0 atom stereocenters. The van der Waals surface area contributed by atoms with Crippen molar-refractivity contribution in [1.29, 1.82) is 0 Å². The second-order valence-corrected chi connectivity index (χ2v) is 7.83. The van der Waals surface area contributed by atoms with Crippen LogP contribution >= 0.6 is 11.3 Å². The van der Waals surface area contributed by atoms with Gasteiger partial charge in [0.25, 0.3) is 5.56 Å². The molecule has 0 bridgehead atoms. The maximum absolute atomic E-state index is 12.4. The Labute approximate surface area is 157 Å². The summed E-state index contributed by atoms with van der Waals surface area (Å²) in [6, 6.07) is 9.79. The molecule has 138 valence electrons. The molecule has 0 aliphatic heterocycles. The van der Waals surface area contributed by atoms with Crippen LogP contribution in [0.25, 0.3) is 4.96 Å². The van der Waals surface area contributed by atoms with Crippen LogP contribution in [-0.4, -0.2) is 27.9 Å². The maximum atomic E-state index is 12.4. The molecule has 0 saturated heterocycles. The van der Waals surface area contributed by atoms with Crippen molar-refractivity contribution >= 4 is 16.3 Å². The number of hydrogen-bond acceptors (Lipinski definition) is 5. The van der Waals surface area contributed by atoms with Gasteiger partial charge in [-0.2, -0.15) is 0 Å². The minimum atomic E-state index is -0.00213. The first-order valence-electron chi connectivity index (χ1n) is 8.78. The van der Waals surface area contributed by atoms with E-state index in [9.17, 15) is 4.79 Å². The number of aromatic nitrogens is 2. The lowest BCUT2D eigenvalue weighted by Gasteiger charge is -2.24. The molecule has 2 heterocycles. The summed E-state index contributed by atoms with van der Waals surface area (Å²) < 4.78 is 6.90. The van der Waals surface area contributed by atoms with E-state index in [1.807, 2.05) is 24.4 Å². The number of aryl methyl sites for hydroxylation is 1. The zero-order valence-electron chi connectivity index (χ0n) is 15.7. The van der Waals surface area contributed by atoms with Crippen molar-refractivity contribution in [2.24, 2.45) is 5.92 Å². The highest BCUT2D eigenvalue weighted by Crippen LogP contribution is 2.16. The smallest absolute Gasteiger partial charge is 0.259 e. The molecule has 0 aliphatic rings. The van der Waals surface area contributed by atoms with Gasteiger partial charge in [-0.25, -0.2) is 4.98 Å². The predicted molar refractivity (Wildman–Crippen MR) is 106 cm³/mol. The highest BCUT2D eigenvalue weighted by atomic mass is 32.1. The summed E-state index contributed by atoms with van der Waals surface area (Å²) >= 11 is 1.51. The molecule has 0 spiro atoms. The fourth-order valence-electron chi connectivity index (χ4n) is 3.10. The van der Waals surface area contributed by atoms with Gasteiger partial charge in [0.05, 0.1) is 12.8 Å². The molecule has 0 aliphatic carbocycles. The van der Waals surface area contributed by atoms with Crippen LogP contribution in [0.15, 0.2) is 40.5 Å². The molecular formula is C20H25N3O2S. The van der Waals surface area contributed by atoms with Crippen molar-refractivity contribution in [2.45, 2.75) is 33.9 Å². The number of fused-ring (bicyclic) bond motifs is 1. The molecule has 5 nitrogen and oxygen atoms in total. The van der Waals surface area contributed by atoms with Crippen LogP contribution in [-0.2, 0) is 13.1 Å². The van der Waals surface area contributed by atoms with Gasteiger partial charge in [0.1, 0.15) is 5.75 Å². The van der Waals surface area contributed by atoms with Gasteiger partial charge in [0.15, 0.2) is 4.96 Å². The quantitative estimate of drug-likeness (QED) is 0.635. The highest BCUT2D eigenvalue weighted by molar-refractivity contribution is 7.15. The lowest BCUT2D eigenvalue weighted by atomic mass is 10.1. The van der Waals surface area contributed by atoms with Gasteiger partial charge < -0.3 is 4.74 Å². The molecule has 0 unspecified atom stereocenters. The minimum absolute atomic E-state index is 0.00213. The summed E-state index contributed by atoms with van der Waals surface area (Å²) in [6.45, 7) is 8.75. The van der Waals surface area contributed by atoms with E-state index in [4.69, 9.17) is 9.72 Å². The van der Waals surface area contributed by atoms with Crippen LogP contribution in [0, 0.1) is 12.8 Å². The third-order valence-electron chi connectivity index (χ3n) is 4.20. The Balaban J connectivity index is 1.82. The van der Waals surface area contributed by atoms with E-state index in [0.717, 1.165) is 35.2 Å². The van der Waals surface area contributed by atoms with Crippen LogP contribution in [0.1, 0.15) is 30.8 Å². The number of hydrogen-bond donors (Lipinski definition) is 0. The van der Waals surface area contributed by atoms with E-state index in [1.54, 1.807) is 17.6 Å². The first kappa shape index (κ1) is 18.6. The standard InChI is InChI=1S/C20H25N3O2S/c1-14(2)10-22(11-16-5-7-18(25-4)8-6-16)12-17-9-19(24)23-15(3)13-26-20(23)21-17/h5-9,13-14H,10-12H2,1-4H3. The van der Waals surface area contributed by atoms with Crippen molar-refractivity contribution < 1.29 is 4.74 Å². The molecular weight excluding hydrogens is 346 g/mol. The Morgan fingerprint density at radius 3 is 2.62 bits per heavy atom. The second kappa shape index (κ2) is 8.01. The summed E-state index contributed by atoms with van der Waals surface area (Å²) in [5.74, 6) is 1.39. The molecule has 1 aromatic carbocycles. The minimum Gasteiger partial charge on any atom is -0.497 e. The lowest BCUT2D eigenvalue weighted by Crippen LogP contribution is -2.28. The Morgan fingerprint density at radius 2 is 1.96 bits per heavy atom. The number of benzene rings is 1. The van der Waals surface area contributed by atoms with Gasteiger partial charge in [0, 0.05) is 36.8 Å². The van der Waals surface area contributed by atoms with E-state index in [1.165, 1.54) is 16.9 Å². The average Bonchev–Trinajstić information content (AvgIpc) is 2.96. The van der Waals surface area contributed by atoms with Gasteiger partial charge in [0.2, 0.25) is 0 Å². The molecule has 0 saturated carbocycles. The lowest BCUT2D eigenvalue weighted by molar-refractivity contribution is 0.225. The van der Waals surface area contributed by atoms with E-state index in [2.05, 4.69) is 30.9 Å². The van der Waals surface area contributed by atoms with E-state index < -0.39 is 0 Å². The average molecular weight is 372 g/mol. The van der Waals surface area contributed by atoms with Crippen molar-refractivity contribution in [3.8, 4) is 5.75 Å². The summed E-state index contributed by atoms with van der Waals surface area (Å²) in [6.07, 6.45) is 0. The van der Waals surface area contributed by atoms with Crippen molar-refractivity contribution in [2.75, 3.05) is 13.7 Å². The van der Waals surface area contributed by atoms with Crippen molar-refractivity contribution in [3.63, 3.8) is 0 Å². The van der Waals surface area contributed by atoms with Crippen molar-refractivity contribution in [1.82, 2.24) is 14.3 Å². The summed E-state index contributed by atoms with van der Waals surface area (Å²) in [4.78, 5) is 20.2. The van der Waals surface area contributed by atoms with E-state index in [0.29, 0.717) is 12.5 Å². The monoisotopic (exact) mass is 371 g/mol. The van der Waals surface area contributed by atoms with Crippen LogP contribution in [0.2, 0.25) is 0 Å². The number of methoxy groups -OCH3 is 1. The molecule has 26 heavy (non-hydrogen) atoms. The Hall–Kier alpha value is -2.18. The van der Waals surface area contributed by atoms with Gasteiger partial charge in [-0.3, -0.25) is 14.1 Å². The van der Waals surface area contributed by atoms with Crippen LogP contribution in [0.3, 0.4) is 0 Å². The van der Waals surface area contributed by atoms with Crippen LogP contribution < -0.4 is 10.3 Å². The Bertz CT molecular complexity index is 928. The SMILES string of the molecule is COc1ccc(CN(Cc2cc(=O)n3c(C)csc3n2)CC(C)C)cc1. The number of rotatable bonds is 7. The second-order valence-electron chi connectivity index (χ2n) is 6.99. The first-order chi connectivity index (χ1) is 12.5. The van der Waals surface area contributed by atoms with E-state index in [-0.39, 0.29) is 5.56 Å². The zero-order valence-corrected chi connectivity index (χ0v) is 16.5. The van der Waals surface area contributed by atoms with Crippen LogP contribution in [0.4, 0.5) is 0 Å². The maximum Gasteiger partial charge on any atom is 0.259 e. The summed E-state index contributed by atoms with van der Waals surface area (Å²) in [5, 5.41) is 1.97.